The molecule has 0 aliphatic heterocycles. The highest BCUT2D eigenvalue weighted by atomic mass is 35.5. The molecule has 0 atom stereocenters. The highest BCUT2D eigenvalue weighted by Crippen LogP contribution is 2.25. The van der Waals surface area contributed by atoms with Crippen molar-refractivity contribution in [1.82, 2.24) is 4.98 Å². The summed E-state index contributed by atoms with van der Waals surface area (Å²) in [6, 6.07) is 9.00. The van der Waals surface area contributed by atoms with E-state index in [1.54, 1.807) is 30.6 Å². The third-order valence-corrected chi connectivity index (χ3v) is 2.92. The molecule has 1 N–H and O–H groups in total. The van der Waals surface area contributed by atoms with Crippen molar-refractivity contribution in [2.75, 3.05) is 5.43 Å². The number of anilines is 1. The van der Waals surface area contributed by atoms with Gasteiger partial charge in [0.15, 0.2) is 0 Å². The minimum atomic E-state index is 0.536. The van der Waals surface area contributed by atoms with Crippen LogP contribution in [0.2, 0.25) is 10.0 Å². The van der Waals surface area contributed by atoms with E-state index in [2.05, 4.69) is 15.5 Å². The van der Waals surface area contributed by atoms with E-state index in [0.717, 1.165) is 17.0 Å². The van der Waals surface area contributed by atoms with Crippen molar-refractivity contribution < 1.29 is 0 Å². The number of hydrogen-bond acceptors (Lipinski definition) is 3. The van der Waals surface area contributed by atoms with Crippen molar-refractivity contribution >= 4 is 34.6 Å². The summed E-state index contributed by atoms with van der Waals surface area (Å²) in [5, 5.41) is 5.40. The van der Waals surface area contributed by atoms with Gasteiger partial charge in [-0.1, -0.05) is 23.2 Å². The summed E-state index contributed by atoms with van der Waals surface area (Å²) in [5.74, 6) is 0. The molecule has 0 radical (unpaired) electrons. The molecule has 1 heterocycles. The molecule has 0 saturated carbocycles. The lowest BCUT2D eigenvalue weighted by molar-refractivity contribution is 1.29. The van der Waals surface area contributed by atoms with Gasteiger partial charge in [-0.3, -0.25) is 10.4 Å². The van der Waals surface area contributed by atoms with Crippen molar-refractivity contribution in [1.29, 1.82) is 0 Å². The second kappa shape index (κ2) is 5.85. The standard InChI is InChI=1S/C13H11Cl2N3/c1-9(10-4-6-16-7-5-10)17-18-13-3-2-11(14)8-12(13)15/h2-8,18H,1H3/b17-9-. The third-order valence-electron chi connectivity index (χ3n) is 2.37. The van der Waals surface area contributed by atoms with E-state index < -0.39 is 0 Å². The molecule has 0 fully saturated rings. The zero-order valence-corrected chi connectivity index (χ0v) is 11.2. The van der Waals surface area contributed by atoms with Gasteiger partial charge in [0.05, 0.1) is 16.4 Å². The van der Waals surface area contributed by atoms with Gasteiger partial charge in [-0.2, -0.15) is 5.10 Å². The summed E-state index contributed by atoms with van der Waals surface area (Å²) in [6.07, 6.45) is 3.45. The number of hydrazone groups is 1. The van der Waals surface area contributed by atoms with Crippen LogP contribution in [0.1, 0.15) is 12.5 Å². The fourth-order valence-electron chi connectivity index (χ4n) is 1.38. The van der Waals surface area contributed by atoms with Crippen molar-refractivity contribution in [3.63, 3.8) is 0 Å². The van der Waals surface area contributed by atoms with Gasteiger partial charge in [0.1, 0.15) is 0 Å². The Kier molecular flexibility index (Phi) is 4.18. The Morgan fingerprint density at radius 3 is 2.56 bits per heavy atom. The van der Waals surface area contributed by atoms with Crippen LogP contribution in [0.15, 0.2) is 47.8 Å². The van der Waals surface area contributed by atoms with Crippen molar-refractivity contribution in [2.45, 2.75) is 6.92 Å². The minimum absolute atomic E-state index is 0.536. The summed E-state index contributed by atoms with van der Waals surface area (Å²) in [7, 11) is 0. The van der Waals surface area contributed by atoms with Crippen LogP contribution >= 0.6 is 23.2 Å². The van der Waals surface area contributed by atoms with E-state index >= 15 is 0 Å². The molecule has 5 heteroatoms. The Bertz CT molecular complexity index is 568. The molecular formula is C13H11Cl2N3. The molecule has 3 nitrogen and oxygen atoms in total. The summed E-state index contributed by atoms with van der Waals surface area (Å²) in [4.78, 5) is 3.96. The van der Waals surface area contributed by atoms with Crippen LogP contribution in [0.3, 0.4) is 0 Å². The van der Waals surface area contributed by atoms with Gasteiger partial charge in [-0.05, 0) is 37.3 Å². The second-order valence-electron chi connectivity index (χ2n) is 3.67. The highest BCUT2D eigenvalue weighted by Gasteiger charge is 2.00. The molecule has 0 saturated heterocycles. The first-order valence-electron chi connectivity index (χ1n) is 5.32. The average Bonchev–Trinajstić information content (AvgIpc) is 2.38. The number of rotatable bonds is 3. The van der Waals surface area contributed by atoms with Crippen LogP contribution in [0.25, 0.3) is 0 Å². The molecule has 2 rings (SSSR count). The number of pyridine rings is 1. The molecule has 0 amide bonds. The van der Waals surface area contributed by atoms with E-state index in [-0.39, 0.29) is 0 Å². The number of halogens is 2. The lowest BCUT2D eigenvalue weighted by atomic mass is 10.2. The smallest absolute Gasteiger partial charge is 0.0749 e. The molecule has 0 aliphatic carbocycles. The van der Waals surface area contributed by atoms with Gasteiger partial charge in [-0.25, -0.2) is 0 Å². The fraction of sp³-hybridized carbons (Fsp3) is 0.0769. The molecule has 0 aliphatic rings. The van der Waals surface area contributed by atoms with Crippen LogP contribution in [0.5, 0.6) is 0 Å². The Balaban J connectivity index is 2.15. The topological polar surface area (TPSA) is 37.3 Å². The zero-order valence-electron chi connectivity index (χ0n) is 9.69. The normalized spacial score (nSPS) is 11.4. The van der Waals surface area contributed by atoms with Gasteiger partial charge in [0, 0.05) is 23.0 Å². The van der Waals surface area contributed by atoms with E-state index in [1.165, 1.54) is 0 Å². The molecule has 1 aromatic carbocycles. The average molecular weight is 280 g/mol. The van der Waals surface area contributed by atoms with Crippen LogP contribution in [0.4, 0.5) is 5.69 Å². The first-order valence-corrected chi connectivity index (χ1v) is 6.08. The van der Waals surface area contributed by atoms with Gasteiger partial charge >= 0.3 is 0 Å². The Morgan fingerprint density at radius 2 is 1.89 bits per heavy atom. The van der Waals surface area contributed by atoms with Gasteiger partial charge in [0.2, 0.25) is 0 Å². The quantitative estimate of drug-likeness (QED) is 0.675. The first-order chi connectivity index (χ1) is 8.66. The molecule has 18 heavy (non-hydrogen) atoms. The van der Waals surface area contributed by atoms with E-state index in [0.29, 0.717) is 10.0 Å². The van der Waals surface area contributed by atoms with E-state index in [1.807, 2.05) is 19.1 Å². The number of benzene rings is 1. The Morgan fingerprint density at radius 1 is 1.17 bits per heavy atom. The Labute approximate surface area is 115 Å². The van der Waals surface area contributed by atoms with Crippen LogP contribution in [0, 0.1) is 0 Å². The summed E-state index contributed by atoms with van der Waals surface area (Å²) in [5.41, 5.74) is 5.49. The molecule has 2 aromatic rings. The van der Waals surface area contributed by atoms with Crippen LogP contribution < -0.4 is 5.43 Å². The number of aromatic nitrogens is 1. The summed E-state index contributed by atoms with van der Waals surface area (Å²) in [6.45, 7) is 1.91. The van der Waals surface area contributed by atoms with E-state index in [9.17, 15) is 0 Å². The SMILES string of the molecule is C/C(=N/Nc1ccc(Cl)cc1Cl)c1ccncc1. The number of hydrogen-bond donors (Lipinski definition) is 1. The molecule has 0 unspecified atom stereocenters. The van der Waals surface area contributed by atoms with Crippen molar-refractivity contribution in [3.8, 4) is 0 Å². The third kappa shape index (κ3) is 3.22. The lowest BCUT2D eigenvalue weighted by Crippen LogP contribution is -2.00. The zero-order chi connectivity index (χ0) is 13.0. The maximum absolute atomic E-state index is 6.03. The largest absolute Gasteiger partial charge is 0.277 e. The maximum Gasteiger partial charge on any atom is 0.0749 e. The number of nitrogens with zero attached hydrogens (tertiary/aromatic N) is 2. The fourth-order valence-corrected chi connectivity index (χ4v) is 1.83. The summed E-state index contributed by atoms with van der Waals surface area (Å²) >= 11 is 11.9. The molecule has 0 bridgehead atoms. The van der Waals surface area contributed by atoms with Crippen LogP contribution in [-0.4, -0.2) is 10.7 Å². The molecular weight excluding hydrogens is 269 g/mol. The van der Waals surface area contributed by atoms with Crippen molar-refractivity contribution in [2.24, 2.45) is 5.10 Å². The monoisotopic (exact) mass is 279 g/mol. The molecule has 1 aromatic heterocycles. The molecule has 0 spiro atoms. The van der Waals surface area contributed by atoms with Crippen LogP contribution in [-0.2, 0) is 0 Å². The first kappa shape index (κ1) is 12.9. The van der Waals surface area contributed by atoms with Crippen molar-refractivity contribution in [3.05, 3.63) is 58.3 Å². The number of nitrogens with one attached hydrogen (secondary N) is 1. The summed E-state index contributed by atoms with van der Waals surface area (Å²) < 4.78 is 0. The van der Waals surface area contributed by atoms with Gasteiger partial charge in [-0.15, -0.1) is 0 Å². The second-order valence-corrected chi connectivity index (χ2v) is 4.51. The molecule has 92 valence electrons. The Hall–Kier alpha value is -1.58. The maximum atomic E-state index is 6.03. The van der Waals surface area contributed by atoms with Gasteiger partial charge < -0.3 is 0 Å². The lowest BCUT2D eigenvalue weighted by Gasteiger charge is -2.05. The highest BCUT2D eigenvalue weighted by molar-refractivity contribution is 6.36. The minimum Gasteiger partial charge on any atom is -0.277 e. The predicted molar refractivity (Wildman–Crippen MR) is 76.5 cm³/mol. The van der Waals surface area contributed by atoms with E-state index in [4.69, 9.17) is 23.2 Å². The van der Waals surface area contributed by atoms with Gasteiger partial charge in [0.25, 0.3) is 0 Å². The predicted octanol–water partition coefficient (Wildman–Crippen LogP) is 4.22.